The molecule has 1 atom stereocenters. The summed E-state index contributed by atoms with van der Waals surface area (Å²) in [5.41, 5.74) is 0.590. The zero-order chi connectivity index (χ0) is 10.0. The van der Waals surface area contributed by atoms with Crippen LogP contribution < -0.4 is 0 Å². The molecule has 0 N–H and O–H groups in total. The van der Waals surface area contributed by atoms with Crippen molar-refractivity contribution in [2.75, 3.05) is 0 Å². The molecule has 2 fully saturated rings. The third-order valence-corrected chi connectivity index (χ3v) is 4.43. The summed E-state index contributed by atoms with van der Waals surface area (Å²) in [5.74, 6) is 0.844. The van der Waals surface area contributed by atoms with Crippen LogP contribution in [0.4, 0.5) is 0 Å². The molecule has 0 aromatic carbocycles. The van der Waals surface area contributed by atoms with Gasteiger partial charge in [-0.3, -0.25) is 4.79 Å². The Labute approximate surface area is 87.3 Å². The predicted octanol–water partition coefficient (Wildman–Crippen LogP) is 3.72. The van der Waals surface area contributed by atoms with Crippen molar-refractivity contribution in [3.05, 3.63) is 0 Å². The van der Waals surface area contributed by atoms with E-state index in [1.807, 2.05) is 0 Å². The average molecular weight is 194 g/mol. The van der Waals surface area contributed by atoms with E-state index in [4.69, 9.17) is 0 Å². The maximum absolute atomic E-state index is 11.4. The van der Waals surface area contributed by atoms with Gasteiger partial charge in [0.1, 0.15) is 5.78 Å². The van der Waals surface area contributed by atoms with E-state index in [2.05, 4.69) is 0 Å². The van der Waals surface area contributed by atoms with Crippen molar-refractivity contribution in [1.29, 1.82) is 0 Å². The first-order valence-electron chi connectivity index (χ1n) is 6.22. The Kier molecular flexibility index (Phi) is 2.94. The first-order valence-corrected chi connectivity index (χ1v) is 6.22. The molecule has 1 spiro atoms. The van der Waals surface area contributed by atoms with Crippen LogP contribution in [0.3, 0.4) is 0 Å². The second-order valence-electron chi connectivity index (χ2n) is 5.46. The maximum Gasteiger partial charge on any atom is 0.132 e. The Bertz CT molecular complexity index is 208. The standard InChI is InChI=1S/C13H22O/c1-11(14)12-6-5-9-13(10-12)7-3-2-4-8-13/h12H,2-10H2,1H3. The van der Waals surface area contributed by atoms with Gasteiger partial charge in [0.05, 0.1) is 0 Å². The van der Waals surface area contributed by atoms with Crippen LogP contribution in [0.1, 0.15) is 64.7 Å². The molecule has 0 bridgehead atoms. The highest BCUT2D eigenvalue weighted by molar-refractivity contribution is 5.78. The van der Waals surface area contributed by atoms with Gasteiger partial charge in [-0.1, -0.05) is 25.7 Å². The summed E-state index contributed by atoms with van der Waals surface area (Å²) in [4.78, 5) is 11.4. The number of Topliss-reactive ketones (excluding diaryl/α,β-unsaturated/α-hetero) is 1. The lowest BCUT2D eigenvalue weighted by Crippen LogP contribution is -2.33. The molecule has 1 unspecified atom stereocenters. The fourth-order valence-electron chi connectivity index (χ4n) is 3.55. The minimum Gasteiger partial charge on any atom is -0.300 e. The largest absolute Gasteiger partial charge is 0.300 e. The molecule has 2 aliphatic carbocycles. The topological polar surface area (TPSA) is 17.1 Å². The monoisotopic (exact) mass is 194 g/mol. The molecule has 0 radical (unpaired) electrons. The molecule has 2 aliphatic rings. The van der Waals surface area contributed by atoms with E-state index in [1.54, 1.807) is 6.92 Å². The minimum absolute atomic E-state index is 0.404. The summed E-state index contributed by atoms with van der Waals surface area (Å²) in [6.07, 6.45) is 12.1. The number of rotatable bonds is 1. The summed E-state index contributed by atoms with van der Waals surface area (Å²) < 4.78 is 0. The van der Waals surface area contributed by atoms with E-state index < -0.39 is 0 Å². The van der Waals surface area contributed by atoms with Crippen molar-refractivity contribution in [1.82, 2.24) is 0 Å². The summed E-state index contributed by atoms with van der Waals surface area (Å²) in [7, 11) is 0. The lowest BCUT2D eigenvalue weighted by molar-refractivity contribution is -0.123. The Morgan fingerprint density at radius 2 is 1.71 bits per heavy atom. The first-order chi connectivity index (χ1) is 6.72. The third-order valence-electron chi connectivity index (χ3n) is 4.43. The molecule has 14 heavy (non-hydrogen) atoms. The molecule has 80 valence electrons. The summed E-state index contributed by atoms with van der Waals surface area (Å²) in [5, 5.41) is 0. The van der Waals surface area contributed by atoms with Crippen LogP contribution in [-0.4, -0.2) is 5.78 Å². The summed E-state index contributed by atoms with van der Waals surface area (Å²) in [6.45, 7) is 1.78. The van der Waals surface area contributed by atoms with Gasteiger partial charge in [-0.15, -0.1) is 0 Å². The van der Waals surface area contributed by atoms with E-state index in [1.165, 1.54) is 51.4 Å². The minimum atomic E-state index is 0.404. The van der Waals surface area contributed by atoms with Crippen LogP contribution in [0.15, 0.2) is 0 Å². The van der Waals surface area contributed by atoms with Gasteiger partial charge in [-0.05, 0) is 44.4 Å². The molecule has 0 saturated heterocycles. The SMILES string of the molecule is CC(=O)C1CCCC2(CCCCC2)C1. The van der Waals surface area contributed by atoms with E-state index in [-0.39, 0.29) is 0 Å². The quantitative estimate of drug-likeness (QED) is 0.622. The Balaban J connectivity index is 2.01. The van der Waals surface area contributed by atoms with Gasteiger partial charge in [0, 0.05) is 5.92 Å². The number of carbonyl (C=O) groups is 1. The molecular formula is C13H22O. The second-order valence-corrected chi connectivity index (χ2v) is 5.46. The van der Waals surface area contributed by atoms with Crippen LogP contribution in [0.2, 0.25) is 0 Å². The number of carbonyl (C=O) groups excluding carboxylic acids is 1. The fraction of sp³-hybridized carbons (Fsp3) is 0.923. The molecular weight excluding hydrogens is 172 g/mol. The number of hydrogen-bond donors (Lipinski definition) is 0. The highest BCUT2D eigenvalue weighted by Gasteiger charge is 2.38. The van der Waals surface area contributed by atoms with Crippen LogP contribution in [0.25, 0.3) is 0 Å². The van der Waals surface area contributed by atoms with Crippen LogP contribution in [-0.2, 0) is 4.79 Å². The van der Waals surface area contributed by atoms with Gasteiger partial charge >= 0.3 is 0 Å². The second kappa shape index (κ2) is 4.04. The van der Waals surface area contributed by atoms with Crippen molar-refractivity contribution in [3.8, 4) is 0 Å². The lowest BCUT2D eigenvalue weighted by Gasteiger charge is -2.43. The van der Waals surface area contributed by atoms with Crippen molar-refractivity contribution in [2.24, 2.45) is 11.3 Å². The van der Waals surface area contributed by atoms with Crippen molar-refractivity contribution < 1.29 is 4.79 Å². The van der Waals surface area contributed by atoms with Gasteiger partial charge in [0.15, 0.2) is 0 Å². The molecule has 1 nitrogen and oxygen atoms in total. The van der Waals surface area contributed by atoms with Crippen molar-refractivity contribution in [3.63, 3.8) is 0 Å². The smallest absolute Gasteiger partial charge is 0.132 e. The molecule has 0 aliphatic heterocycles. The zero-order valence-corrected chi connectivity index (χ0v) is 9.35. The van der Waals surface area contributed by atoms with Crippen LogP contribution in [0.5, 0.6) is 0 Å². The normalized spacial score (nSPS) is 31.6. The van der Waals surface area contributed by atoms with Crippen LogP contribution >= 0.6 is 0 Å². The number of ketones is 1. The van der Waals surface area contributed by atoms with E-state index in [9.17, 15) is 4.79 Å². The highest BCUT2D eigenvalue weighted by atomic mass is 16.1. The fourth-order valence-corrected chi connectivity index (χ4v) is 3.55. The van der Waals surface area contributed by atoms with Gasteiger partial charge in [-0.25, -0.2) is 0 Å². The van der Waals surface area contributed by atoms with Gasteiger partial charge < -0.3 is 0 Å². The van der Waals surface area contributed by atoms with Crippen molar-refractivity contribution in [2.45, 2.75) is 64.7 Å². The summed E-state index contributed by atoms with van der Waals surface area (Å²) >= 11 is 0. The molecule has 0 amide bonds. The molecule has 0 heterocycles. The van der Waals surface area contributed by atoms with E-state index in [0.29, 0.717) is 17.1 Å². The zero-order valence-electron chi connectivity index (χ0n) is 9.35. The first kappa shape index (κ1) is 10.2. The van der Waals surface area contributed by atoms with Gasteiger partial charge in [-0.2, -0.15) is 0 Å². The lowest BCUT2D eigenvalue weighted by atomic mass is 9.62. The molecule has 2 rings (SSSR count). The maximum atomic E-state index is 11.4. The Morgan fingerprint density at radius 1 is 1.07 bits per heavy atom. The Hall–Kier alpha value is -0.330. The number of hydrogen-bond acceptors (Lipinski definition) is 1. The van der Waals surface area contributed by atoms with Gasteiger partial charge in [0.25, 0.3) is 0 Å². The molecule has 2 saturated carbocycles. The average Bonchev–Trinajstić information content (AvgIpc) is 2.19. The van der Waals surface area contributed by atoms with E-state index >= 15 is 0 Å². The molecule has 1 heteroatoms. The highest BCUT2D eigenvalue weighted by Crippen LogP contribution is 2.49. The van der Waals surface area contributed by atoms with E-state index in [0.717, 1.165) is 6.42 Å². The van der Waals surface area contributed by atoms with Gasteiger partial charge in [0.2, 0.25) is 0 Å². The molecule has 0 aromatic heterocycles. The van der Waals surface area contributed by atoms with Crippen molar-refractivity contribution >= 4 is 5.78 Å². The molecule has 0 aromatic rings. The predicted molar refractivity (Wildman–Crippen MR) is 58.2 cm³/mol. The third kappa shape index (κ3) is 2.02. The van der Waals surface area contributed by atoms with Crippen LogP contribution in [0, 0.1) is 11.3 Å². The Morgan fingerprint density at radius 3 is 2.36 bits per heavy atom. The summed E-state index contributed by atoms with van der Waals surface area (Å²) in [6, 6.07) is 0.